The number of hydrogen-bond donors (Lipinski definition) is 1. The highest BCUT2D eigenvalue weighted by Crippen LogP contribution is 2.69. The number of carbonyl (C=O) groups excluding carboxylic acids is 1. The topological polar surface area (TPSA) is 46.5 Å². The molecule has 5 unspecified atom stereocenters. The highest BCUT2D eigenvalue weighted by molar-refractivity contribution is 5.69. The molecule has 0 amide bonds. The van der Waals surface area contributed by atoms with Gasteiger partial charge < -0.3 is 9.84 Å². The molecule has 4 aliphatic carbocycles. The number of alkyl halides is 1. The van der Waals surface area contributed by atoms with Gasteiger partial charge in [0, 0.05) is 12.3 Å². The average molecular weight is 449 g/mol. The van der Waals surface area contributed by atoms with Crippen LogP contribution in [-0.4, -0.2) is 30.5 Å². The standard InChI is InChI=1S/C28H45FO3/c1-7-18-24-25(29)17(3)12-14-28(24,5)21-13-15-27(4)19(16(2)8-11-22(30)32-6)9-10-20(27)23(21)26(18)31/h12,16,18-21,23-26,31H,7-11,13-15H2,1-6H3/t16-,18-,19?,20?,21?,23?,24-,25+,26?,27-,28-/m1/s1. The molecule has 3 nitrogen and oxygen atoms in total. The molecule has 3 saturated carbocycles. The number of allylic oxidation sites excluding steroid dienone is 2. The maximum absolute atomic E-state index is 15.6. The van der Waals surface area contributed by atoms with Gasteiger partial charge in [0.2, 0.25) is 0 Å². The number of methoxy groups -OCH3 is 1. The van der Waals surface area contributed by atoms with Gasteiger partial charge in [-0.3, -0.25) is 4.79 Å². The van der Waals surface area contributed by atoms with Gasteiger partial charge in [-0.2, -0.15) is 0 Å². The maximum Gasteiger partial charge on any atom is 0.305 e. The molecule has 4 heteroatoms. The first-order valence-electron chi connectivity index (χ1n) is 13.2. The molecular formula is C28H45FO3. The van der Waals surface area contributed by atoms with Crippen LogP contribution >= 0.6 is 0 Å². The van der Waals surface area contributed by atoms with E-state index in [9.17, 15) is 9.90 Å². The molecule has 0 bridgehead atoms. The Kier molecular flexibility index (Phi) is 6.59. The quantitative estimate of drug-likeness (QED) is 0.394. The first kappa shape index (κ1) is 24.2. The van der Waals surface area contributed by atoms with Gasteiger partial charge in [0.1, 0.15) is 6.17 Å². The van der Waals surface area contributed by atoms with E-state index in [0.717, 1.165) is 44.1 Å². The molecule has 0 aromatic rings. The molecule has 3 fully saturated rings. The Morgan fingerprint density at radius 3 is 2.59 bits per heavy atom. The van der Waals surface area contributed by atoms with Crippen LogP contribution in [0.2, 0.25) is 0 Å². The molecule has 0 aromatic heterocycles. The summed E-state index contributed by atoms with van der Waals surface area (Å²) in [5, 5.41) is 11.8. The van der Waals surface area contributed by atoms with Gasteiger partial charge in [-0.25, -0.2) is 4.39 Å². The summed E-state index contributed by atoms with van der Waals surface area (Å²) in [5.74, 6) is 2.09. The summed E-state index contributed by atoms with van der Waals surface area (Å²) >= 11 is 0. The molecule has 4 aliphatic rings. The molecule has 0 radical (unpaired) electrons. The normalized spacial score (nSPS) is 48.8. The van der Waals surface area contributed by atoms with Crippen LogP contribution in [0, 0.1) is 52.3 Å². The molecular weight excluding hydrogens is 403 g/mol. The van der Waals surface area contributed by atoms with E-state index in [0.29, 0.717) is 30.1 Å². The van der Waals surface area contributed by atoms with E-state index in [2.05, 4.69) is 33.8 Å². The van der Waals surface area contributed by atoms with Crippen molar-refractivity contribution in [3.8, 4) is 0 Å². The Morgan fingerprint density at radius 2 is 1.94 bits per heavy atom. The van der Waals surface area contributed by atoms with Crippen molar-refractivity contribution in [2.45, 2.75) is 98.3 Å². The number of esters is 1. The van der Waals surface area contributed by atoms with Crippen LogP contribution in [-0.2, 0) is 9.53 Å². The number of aliphatic hydroxyl groups excluding tert-OH is 1. The third-order valence-electron chi connectivity index (χ3n) is 11.1. The second-order valence-electron chi connectivity index (χ2n) is 12.3. The molecule has 0 spiro atoms. The van der Waals surface area contributed by atoms with E-state index in [4.69, 9.17) is 4.74 Å². The summed E-state index contributed by atoms with van der Waals surface area (Å²) in [7, 11) is 1.47. The molecule has 0 aliphatic heterocycles. The van der Waals surface area contributed by atoms with Gasteiger partial charge in [0.05, 0.1) is 13.2 Å². The van der Waals surface area contributed by atoms with Crippen molar-refractivity contribution >= 4 is 5.97 Å². The summed E-state index contributed by atoms with van der Waals surface area (Å²) in [6.45, 7) is 11.2. The first-order chi connectivity index (χ1) is 15.1. The molecule has 4 rings (SSSR count). The van der Waals surface area contributed by atoms with Crippen LogP contribution in [0.25, 0.3) is 0 Å². The average Bonchev–Trinajstić information content (AvgIpc) is 3.13. The summed E-state index contributed by atoms with van der Waals surface area (Å²) in [6, 6.07) is 0. The number of rotatable bonds is 5. The lowest BCUT2D eigenvalue weighted by Crippen LogP contribution is -2.63. The van der Waals surface area contributed by atoms with E-state index in [1.54, 1.807) is 0 Å². The molecule has 1 N–H and O–H groups in total. The second kappa shape index (κ2) is 8.71. The lowest BCUT2D eigenvalue weighted by molar-refractivity contribution is -0.195. The minimum atomic E-state index is -0.919. The Labute approximate surface area is 194 Å². The number of hydrogen-bond acceptors (Lipinski definition) is 3. The summed E-state index contributed by atoms with van der Waals surface area (Å²) in [4.78, 5) is 11.7. The molecule has 11 atom stereocenters. The molecule has 0 saturated heterocycles. The predicted octanol–water partition coefficient (Wildman–Crippen LogP) is 6.35. The fourth-order valence-corrected chi connectivity index (χ4v) is 9.41. The first-order valence-corrected chi connectivity index (χ1v) is 13.2. The van der Waals surface area contributed by atoms with Crippen LogP contribution in [0.15, 0.2) is 11.6 Å². The fraction of sp³-hybridized carbons (Fsp3) is 0.893. The minimum absolute atomic E-state index is 0.0399. The van der Waals surface area contributed by atoms with E-state index in [1.807, 2.05) is 6.92 Å². The van der Waals surface area contributed by atoms with E-state index < -0.39 is 12.3 Å². The van der Waals surface area contributed by atoms with Crippen molar-refractivity contribution in [1.29, 1.82) is 0 Å². The molecule has 182 valence electrons. The van der Waals surface area contributed by atoms with Crippen LogP contribution < -0.4 is 0 Å². The van der Waals surface area contributed by atoms with E-state index in [1.165, 1.54) is 13.5 Å². The van der Waals surface area contributed by atoms with Crippen molar-refractivity contribution < 1.29 is 19.0 Å². The van der Waals surface area contributed by atoms with Crippen LogP contribution in [0.5, 0.6) is 0 Å². The van der Waals surface area contributed by atoms with Crippen molar-refractivity contribution in [2.24, 2.45) is 52.3 Å². The van der Waals surface area contributed by atoms with Crippen molar-refractivity contribution in [3.05, 3.63) is 11.6 Å². The van der Waals surface area contributed by atoms with Crippen molar-refractivity contribution in [3.63, 3.8) is 0 Å². The lowest BCUT2D eigenvalue weighted by Gasteiger charge is -2.64. The largest absolute Gasteiger partial charge is 0.469 e. The summed E-state index contributed by atoms with van der Waals surface area (Å²) in [5.41, 5.74) is 1.02. The van der Waals surface area contributed by atoms with E-state index in [-0.39, 0.29) is 34.6 Å². The minimum Gasteiger partial charge on any atom is -0.469 e. The molecule has 0 aromatic carbocycles. The third kappa shape index (κ3) is 3.49. The second-order valence-corrected chi connectivity index (χ2v) is 12.3. The predicted molar refractivity (Wildman–Crippen MR) is 126 cm³/mol. The van der Waals surface area contributed by atoms with Gasteiger partial charge in [-0.15, -0.1) is 0 Å². The van der Waals surface area contributed by atoms with Crippen LogP contribution in [0.1, 0.15) is 86.0 Å². The number of halogens is 1. The number of fused-ring (bicyclic) bond motifs is 5. The number of ether oxygens (including phenoxy) is 1. The number of carbonyl (C=O) groups is 1. The van der Waals surface area contributed by atoms with Gasteiger partial charge >= 0.3 is 5.97 Å². The van der Waals surface area contributed by atoms with Crippen LogP contribution in [0.3, 0.4) is 0 Å². The van der Waals surface area contributed by atoms with E-state index >= 15 is 4.39 Å². The Morgan fingerprint density at radius 1 is 1.25 bits per heavy atom. The Bertz CT molecular complexity index is 749. The van der Waals surface area contributed by atoms with Crippen LogP contribution in [0.4, 0.5) is 4.39 Å². The zero-order valence-electron chi connectivity index (χ0n) is 21.1. The van der Waals surface area contributed by atoms with Crippen molar-refractivity contribution in [1.82, 2.24) is 0 Å². The molecule has 0 heterocycles. The highest BCUT2D eigenvalue weighted by Gasteiger charge is 2.65. The summed E-state index contributed by atoms with van der Waals surface area (Å²) < 4.78 is 20.5. The smallest absolute Gasteiger partial charge is 0.305 e. The van der Waals surface area contributed by atoms with Gasteiger partial charge in [0.15, 0.2) is 0 Å². The monoisotopic (exact) mass is 448 g/mol. The summed E-state index contributed by atoms with van der Waals surface area (Å²) in [6.07, 6.45) is 8.61. The van der Waals surface area contributed by atoms with Crippen molar-refractivity contribution in [2.75, 3.05) is 7.11 Å². The van der Waals surface area contributed by atoms with Gasteiger partial charge in [-0.1, -0.05) is 40.2 Å². The fourth-order valence-electron chi connectivity index (χ4n) is 9.41. The van der Waals surface area contributed by atoms with Gasteiger partial charge in [0.25, 0.3) is 0 Å². The Hall–Kier alpha value is -0.900. The maximum atomic E-state index is 15.6. The molecule has 32 heavy (non-hydrogen) atoms. The zero-order valence-corrected chi connectivity index (χ0v) is 21.1. The zero-order chi connectivity index (χ0) is 23.4. The van der Waals surface area contributed by atoms with Gasteiger partial charge in [-0.05, 0) is 97.4 Å². The highest BCUT2D eigenvalue weighted by atomic mass is 19.1. The SMILES string of the molecule is CC[C@H]1C(O)C2C3CCC([C@H](C)CCC(=O)OC)[C@@]3(C)CCC2[C@@]2(C)CC=C(C)[C@H](F)[C@@H]12. The lowest BCUT2D eigenvalue weighted by atomic mass is 9.41. The third-order valence-corrected chi connectivity index (χ3v) is 11.1. The number of aliphatic hydroxyl groups is 1. The Balaban J connectivity index is 1.62.